The van der Waals surface area contributed by atoms with Crippen LogP contribution in [0.5, 0.6) is 5.75 Å². The molecule has 0 spiro atoms. The number of imidazole rings is 1. The Kier molecular flexibility index (Phi) is 4.22. The van der Waals surface area contributed by atoms with Crippen LogP contribution in [0.25, 0.3) is 0 Å². The van der Waals surface area contributed by atoms with Crippen molar-refractivity contribution in [3.05, 3.63) is 47.5 Å². The third kappa shape index (κ3) is 3.15. The average Bonchev–Trinajstić information content (AvgIpc) is 2.84. The average molecular weight is 260 g/mol. The van der Waals surface area contributed by atoms with Crippen LogP contribution in [0.4, 0.5) is 0 Å². The summed E-state index contributed by atoms with van der Waals surface area (Å²) in [6, 6.07) is 5.83. The Balaban J connectivity index is 2.15. The number of hydrogen-bond acceptors (Lipinski definition) is 3. The molecule has 1 N–H and O–H groups in total. The molecule has 102 valence electrons. The summed E-state index contributed by atoms with van der Waals surface area (Å²) < 4.78 is 7.83. The number of benzene rings is 1. The van der Waals surface area contributed by atoms with Crippen LogP contribution in [-0.4, -0.2) is 14.7 Å². The van der Waals surface area contributed by atoms with Crippen LogP contribution in [0.1, 0.15) is 36.9 Å². The van der Waals surface area contributed by atoms with Crippen LogP contribution < -0.4 is 4.74 Å². The van der Waals surface area contributed by atoms with E-state index in [1.54, 1.807) is 13.1 Å². The highest BCUT2D eigenvalue weighted by atomic mass is 16.5. The molecule has 0 fully saturated rings. The number of nitrogens with zero attached hydrogens (tertiary/aromatic N) is 2. The van der Waals surface area contributed by atoms with Gasteiger partial charge in [0, 0.05) is 24.5 Å². The number of aliphatic hydroxyl groups excluding tert-OH is 1. The van der Waals surface area contributed by atoms with Crippen molar-refractivity contribution in [2.75, 3.05) is 0 Å². The van der Waals surface area contributed by atoms with Crippen molar-refractivity contribution in [3.8, 4) is 5.75 Å². The van der Waals surface area contributed by atoms with Crippen LogP contribution >= 0.6 is 0 Å². The minimum Gasteiger partial charge on any atom is -0.485 e. The van der Waals surface area contributed by atoms with Gasteiger partial charge in [-0.25, -0.2) is 4.98 Å². The Morgan fingerprint density at radius 3 is 2.89 bits per heavy atom. The third-order valence-electron chi connectivity index (χ3n) is 3.11. The summed E-state index contributed by atoms with van der Waals surface area (Å²) in [5.74, 6) is 1.60. The van der Waals surface area contributed by atoms with Gasteiger partial charge in [-0.15, -0.1) is 0 Å². The van der Waals surface area contributed by atoms with E-state index in [9.17, 15) is 5.11 Å². The van der Waals surface area contributed by atoms with E-state index in [4.69, 9.17) is 4.74 Å². The molecule has 1 heterocycles. The van der Waals surface area contributed by atoms with E-state index < -0.39 is 6.10 Å². The normalized spacial score (nSPS) is 12.4. The maximum atomic E-state index is 9.79. The molecule has 0 saturated heterocycles. The fourth-order valence-electron chi connectivity index (χ4n) is 2.04. The van der Waals surface area contributed by atoms with Crippen molar-refractivity contribution in [3.63, 3.8) is 0 Å². The summed E-state index contributed by atoms with van der Waals surface area (Å²) in [5, 5.41) is 9.79. The van der Waals surface area contributed by atoms with Crippen molar-refractivity contribution < 1.29 is 9.84 Å². The van der Waals surface area contributed by atoms with E-state index in [1.165, 1.54) is 0 Å². The first-order valence-electron chi connectivity index (χ1n) is 6.53. The second-order valence-electron chi connectivity index (χ2n) is 4.64. The molecule has 0 aliphatic carbocycles. The summed E-state index contributed by atoms with van der Waals surface area (Å²) >= 11 is 0. The number of aryl methyl sites for hydroxylation is 2. The van der Waals surface area contributed by atoms with Gasteiger partial charge in [-0.3, -0.25) is 0 Å². The second-order valence-corrected chi connectivity index (χ2v) is 4.64. The summed E-state index contributed by atoms with van der Waals surface area (Å²) in [4.78, 5) is 4.27. The van der Waals surface area contributed by atoms with E-state index in [0.717, 1.165) is 23.5 Å². The van der Waals surface area contributed by atoms with Gasteiger partial charge in [-0.05, 0) is 32.9 Å². The number of aliphatic hydroxyl groups is 1. The Bertz CT molecular complexity index is 547. The van der Waals surface area contributed by atoms with Crippen LogP contribution in [0.3, 0.4) is 0 Å². The quantitative estimate of drug-likeness (QED) is 0.899. The highest BCUT2D eigenvalue weighted by Crippen LogP contribution is 2.26. The van der Waals surface area contributed by atoms with Crippen molar-refractivity contribution >= 4 is 0 Å². The van der Waals surface area contributed by atoms with E-state index >= 15 is 0 Å². The molecule has 0 aliphatic heterocycles. The second kappa shape index (κ2) is 5.89. The van der Waals surface area contributed by atoms with Crippen molar-refractivity contribution in [1.29, 1.82) is 0 Å². The zero-order valence-electron chi connectivity index (χ0n) is 11.6. The molecule has 0 aliphatic rings. The number of rotatable bonds is 5. The lowest BCUT2D eigenvalue weighted by molar-refractivity contribution is 0.189. The van der Waals surface area contributed by atoms with Crippen LogP contribution in [0.2, 0.25) is 0 Å². The highest BCUT2D eigenvalue weighted by Gasteiger charge is 2.10. The molecule has 0 bridgehead atoms. The predicted molar refractivity (Wildman–Crippen MR) is 74.0 cm³/mol. The summed E-state index contributed by atoms with van der Waals surface area (Å²) in [6.45, 7) is 7.09. The topological polar surface area (TPSA) is 47.3 Å². The van der Waals surface area contributed by atoms with Gasteiger partial charge < -0.3 is 14.4 Å². The molecule has 2 rings (SSSR count). The van der Waals surface area contributed by atoms with Gasteiger partial charge in [0.2, 0.25) is 0 Å². The minimum atomic E-state index is -0.541. The summed E-state index contributed by atoms with van der Waals surface area (Å²) in [7, 11) is 0. The molecule has 2 aromatic rings. The Morgan fingerprint density at radius 1 is 1.42 bits per heavy atom. The molecular weight excluding hydrogens is 240 g/mol. The zero-order chi connectivity index (χ0) is 13.8. The standard InChI is InChI=1S/C15H20N2O2/c1-4-17-8-7-16-15(17)10-19-14-6-5-11(2)9-13(14)12(3)18/h5-9,12,18H,4,10H2,1-3H3/t12-/m0/s1. The molecule has 1 aromatic heterocycles. The molecule has 0 radical (unpaired) electrons. The summed E-state index contributed by atoms with van der Waals surface area (Å²) in [5.41, 5.74) is 1.92. The molecule has 0 saturated carbocycles. The highest BCUT2D eigenvalue weighted by molar-refractivity contribution is 5.38. The lowest BCUT2D eigenvalue weighted by Crippen LogP contribution is -2.07. The third-order valence-corrected chi connectivity index (χ3v) is 3.11. The van der Waals surface area contributed by atoms with Gasteiger partial charge in [0.15, 0.2) is 0 Å². The lowest BCUT2D eigenvalue weighted by atomic mass is 10.1. The minimum absolute atomic E-state index is 0.406. The Labute approximate surface area is 113 Å². The molecule has 1 atom stereocenters. The zero-order valence-corrected chi connectivity index (χ0v) is 11.6. The largest absolute Gasteiger partial charge is 0.485 e. The first-order valence-corrected chi connectivity index (χ1v) is 6.53. The molecule has 1 aromatic carbocycles. The fraction of sp³-hybridized carbons (Fsp3) is 0.400. The molecule has 4 nitrogen and oxygen atoms in total. The fourth-order valence-corrected chi connectivity index (χ4v) is 2.04. The van der Waals surface area contributed by atoms with E-state index in [1.807, 2.05) is 35.9 Å². The van der Waals surface area contributed by atoms with E-state index in [-0.39, 0.29) is 0 Å². The Morgan fingerprint density at radius 2 is 2.21 bits per heavy atom. The SMILES string of the molecule is CCn1ccnc1COc1ccc(C)cc1[C@H](C)O. The maximum absolute atomic E-state index is 9.79. The number of ether oxygens (including phenoxy) is 1. The van der Waals surface area contributed by atoms with Crippen LogP contribution in [0, 0.1) is 6.92 Å². The number of aromatic nitrogens is 2. The van der Waals surface area contributed by atoms with Crippen molar-refractivity contribution in [1.82, 2.24) is 9.55 Å². The first kappa shape index (κ1) is 13.6. The molecule has 4 heteroatoms. The van der Waals surface area contributed by atoms with Crippen LogP contribution in [0.15, 0.2) is 30.6 Å². The van der Waals surface area contributed by atoms with Gasteiger partial charge in [0.1, 0.15) is 18.2 Å². The van der Waals surface area contributed by atoms with E-state index in [0.29, 0.717) is 12.4 Å². The molecule has 19 heavy (non-hydrogen) atoms. The smallest absolute Gasteiger partial charge is 0.146 e. The monoisotopic (exact) mass is 260 g/mol. The molecule has 0 amide bonds. The summed E-state index contributed by atoms with van der Waals surface area (Å²) in [6.07, 6.45) is 3.16. The lowest BCUT2D eigenvalue weighted by Gasteiger charge is -2.14. The van der Waals surface area contributed by atoms with Crippen molar-refractivity contribution in [2.24, 2.45) is 0 Å². The first-order chi connectivity index (χ1) is 9.11. The van der Waals surface area contributed by atoms with Gasteiger partial charge in [-0.1, -0.05) is 11.6 Å². The van der Waals surface area contributed by atoms with Crippen molar-refractivity contribution in [2.45, 2.75) is 40.0 Å². The molecule has 0 unspecified atom stereocenters. The van der Waals surface area contributed by atoms with E-state index in [2.05, 4.69) is 11.9 Å². The van der Waals surface area contributed by atoms with Gasteiger partial charge >= 0.3 is 0 Å². The maximum Gasteiger partial charge on any atom is 0.146 e. The molecular formula is C15H20N2O2. The predicted octanol–water partition coefficient (Wildman–Crippen LogP) is 2.84. The van der Waals surface area contributed by atoms with Crippen LogP contribution in [-0.2, 0) is 13.2 Å². The van der Waals surface area contributed by atoms with Gasteiger partial charge in [0.05, 0.1) is 6.10 Å². The van der Waals surface area contributed by atoms with Gasteiger partial charge in [0.25, 0.3) is 0 Å². The number of hydrogen-bond donors (Lipinski definition) is 1. The van der Waals surface area contributed by atoms with Gasteiger partial charge in [-0.2, -0.15) is 0 Å². The Hall–Kier alpha value is -1.81.